The molecule has 0 atom stereocenters. The Labute approximate surface area is 66.7 Å². The quantitative estimate of drug-likeness (QED) is 0.316. The van der Waals surface area contributed by atoms with Crippen LogP contribution in [0.1, 0.15) is 32.1 Å². The van der Waals surface area contributed by atoms with Crippen LogP contribution in [-0.2, 0) is 4.79 Å². The molecular weight excluding hydrogens is 138 g/mol. The summed E-state index contributed by atoms with van der Waals surface area (Å²) < 4.78 is 0. The Kier molecular flexibility index (Phi) is 2.46. The van der Waals surface area contributed by atoms with E-state index >= 15 is 0 Å². The van der Waals surface area contributed by atoms with Gasteiger partial charge >= 0.3 is 0 Å². The van der Waals surface area contributed by atoms with Crippen LogP contribution in [0, 0.1) is 12.3 Å². The molecule has 1 rings (SSSR count). The maximum atomic E-state index is 10.0. The highest BCUT2D eigenvalue weighted by atomic mass is 16.1. The number of terminal acetylenes is 1. The van der Waals surface area contributed by atoms with E-state index in [2.05, 4.69) is 10.9 Å². The van der Waals surface area contributed by atoms with E-state index < -0.39 is 5.54 Å². The molecule has 1 aliphatic rings. The number of hydrogen-bond acceptors (Lipinski definition) is 2. The molecule has 0 aromatic heterocycles. The van der Waals surface area contributed by atoms with Crippen LogP contribution in [0.15, 0.2) is 4.99 Å². The summed E-state index contributed by atoms with van der Waals surface area (Å²) in [5, 5.41) is 0. The van der Waals surface area contributed by atoms with Crippen molar-refractivity contribution in [1.29, 1.82) is 0 Å². The van der Waals surface area contributed by atoms with Crippen molar-refractivity contribution in [3.05, 3.63) is 0 Å². The third kappa shape index (κ3) is 1.69. The summed E-state index contributed by atoms with van der Waals surface area (Å²) in [6.07, 6.45) is 11.9. The molecule has 0 amide bonds. The van der Waals surface area contributed by atoms with E-state index in [1.165, 1.54) is 6.42 Å². The first kappa shape index (κ1) is 8.04. The lowest BCUT2D eigenvalue weighted by Crippen LogP contribution is -2.26. The van der Waals surface area contributed by atoms with Crippen LogP contribution in [0.4, 0.5) is 0 Å². The van der Waals surface area contributed by atoms with Gasteiger partial charge in [0, 0.05) is 0 Å². The van der Waals surface area contributed by atoms with Gasteiger partial charge in [-0.2, -0.15) is 4.99 Å². The van der Waals surface area contributed by atoms with Crippen molar-refractivity contribution < 1.29 is 4.79 Å². The van der Waals surface area contributed by atoms with Gasteiger partial charge in [0.25, 0.3) is 0 Å². The third-order valence-electron chi connectivity index (χ3n) is 2.21. The van der Waals surface area contributed by atoms with Crippen LogP contribution >= 0.6 is 0 Å². The van der Waals surface area contributed by atoms with Crippen molar-refractivity contribution in [2.45, 2.75) is 37.6 Å². The molecule has 2 nitrogen and oxygen atoms in total. The Morgan fingerprint density at radius 1 is 1.27 bits per heavy atom. The molecule has 2 heteroatoms. The van der Waals surface area contributed by atoms with Crippen LogP contribution in [-0.4, -0.2) is 11.6 Å². The highest BCUT2D eigenvalue weighted by Crippen LogP contribution is 2.30. The van der Waals surface area contributed by atoms with Crippen molar-refractivity contribution in [3.63, 3.8) is 0 Å². The number of rotatable bonds is 1. The van der Waals surface area contributed by atoms with E-state index in [0.29, 0.717) is 0 Å². The largest absolute Gasteiger partial charge is 0.236 e. The molecule has 1 fully saturated rings. The number of isocyanates is 1. The maximum absolute atomic E-state index is 10.0. The summed E-state index contributed by atoms with van der Waals surface area (Å²) in [6, 6.07) is 0. The molecule has 0 heterocycles. The molecule has 0 aromatic carbocycles. The maximum Gasteiger partial charge on any atom is 0.236 e. The number of hydrogen-bond donors (Lipinski definition) is 0. The lowest BCUT2D eigenvalue weighted by atomic mass is 9.83. The summed E-state index contributed by atoms with van der Waals surface area (Å²) in [5.74, 6) is 2.59. The molecule has 0 aliphatic heterocycles. The summed E-state index contributed by atoms with van der Waals surface area (Å²) in [6.45, 7) is 0. The molecule has 0 saturated heterocycles. The fourth-order valence-electron chi connectivity index (χ4n) is 1.51. The molecule has 0 spiro atoms. The zero-order chi connectivity index (χ0) is 8.16. The van der Waals surface area contributed by atoms with Crippen molar-refractivity contribution in [3.8, 4) is 12.3 Å². The van der Waals surface area contributed by atoms with E-state index in [9.17, 15) is 4.79 Å². The van der Waals surface area contributed by atoms with Crippen molar-refractivity contribution in [1.82, 2.24) is 0 Å². The summed E-state index contributed by atoms with van der Waals surface area (Å²) in [5.41, 5.74) is -0.500. The Bertz CT molecular complexity index is 214. The van der Waals surface area contributed by atoms with Gasteiger partial charge in [0.15, 0.2) is 0 Å². The molecule has 0 N–H and O–H groups in total. The number of nitrogens with zero attached hydrogens (tertiary/aromatic N) is 1. The standard InChI is InChI=1S/C9H11NO/c1-2-9(10-8-11)6-4-3-5-7-9/h1H,3-7H2. The molecular formula is C9H11NO. The van der Waals surface area contributed by atoms with E-state index in [1.807, 2.05) is 0 Å². The van der Waals surface area contributed by atoms with Crippen LogP contribution in [0.5, 0.6) is 0 Å². The number of aliphatic imine (C=N–C) groups is 1. The molecule has 0 unspecified atom stereocenters. The minimum atomic E-state index is -0.500. The molecule has 0 bridgehead atoms. The average molecular weight is 149 g/mol. The summed E-state index contributed by atoms with van der Waals surface area (Å²) in [4.78, 5) is 13.7. The van der Waals surface area contributed by atoms with Crippen molar-refractivity contribution in [2.24, 2.45) is 4.99 Å². The molecule has 1 saturated carbocycles. The van der Waals surface area contributed by atoms with Crippen molar-refractivity contribution in [2.75, 3.05) is 0 Å². The van der Waals surface area contributed by atoms with Crippen LogP contribution in [0.2, 0.25) is 0 Å². The predicted octanol–water partition coefficient (Wildman–Crippen LogP) is 1.66. The molecule has 11 heavy (non-hydrogen) atoms. The van der Waals surface area contributed by atoms with E-state index in [0.717, 1.165) is 25.7 Å². The van der Waals surface area contributed by atoms with Gasteiger partial charge in [-0.1, -0.05) is 25.2 Å². The van der Waals surface area contributed by atoms with Gasteiger partial charge in [-0.25, -0.2) is 4.79 Å². The minimum absolute atomic E-state index is 0.500. The Hall–Kier alpha value is -1.06. The molecule has 58 valence electrons. The van der Waals surface area contributed by atoms with Gasteiger partial charge in [0.05, 0.1) is 0 Å². The fraction of sp³-hybridized carbons (Fsp3) is 0.667. The average Bonchev–Trinajstić information content (AvgIpc) is 2.07. The smallest absolute Gasteiger partial charge is 0.211 e. The monoisotopic (exact) mass is 149 g/mol. The lowest BCUT2D eigenvalue weighted by Gasteiger charge is -2.26. The first-order valence-corrected chi connectivity index (χ1v) is 3.90. The van der Waals surface area contributed by atoms with E-state index in [1.54, 1.807) is 6.08 Å². The predicted molar refractivity (Wildman–Crippen MR) is 42.8 cm³/mol. The van der Waals surface area contributed by atoms with Gasteiger partial charge in [-0.15, -0.1) is 6.42 Å². The highest BCUT2D eigenvalue weighted by Gasteiger charge is 2.28. The fourth-order valence-corrected chi connectivity index (χ4v) is 1.51. The van der Waals surface area contributed by atoms with Gasteiger partial charge in [-0.3, -0.25) is 0 Å². The lowest BCUT2D eigenvalue weighted by molar-refractivity contribution is 0.371. The normalized spacial score (nSPS) is 21.4. The summed E-state index contributed by atoms with van der Waals surface area (Å²) in [7, 11) is 0. The third-order valence-corrected chi connectivity index (χ3v) is 2.21. The molecule has 0 aromatic rings. The zero-order valence-electron chi connectivity index (χ0n) is 6.47. The van der Waals surface area contributed by atoms with Gasteiger partial charge in [0.2, 0.25) is 6.08 Å². The van der Waals surface area contributed by atoms with Gasteiger partial charge in [0.1, 0.15) is 5.54 Å². The molecule has 1 aliphatic carbocycles. The molecule has 0 radical (unpaired) electrons. The second-order valence-electron chi connectivity index (χ2n) is 2.94. The van der Waals surface area contributed by atoms with E-state index in [4.69, 9.17) is 6.42 Å². The van der Waals surface area contributed by atoms with Crippen molar-refractivity contribution >= 4 is 6.08 Å². The van der Waals surface area contributed by atoms with Crippen LogP contribution in [0.3, 0.4) is 0 Å². The second kappa shape index (κ2) is 3.37. The zero-order valence-corrected chi connectivity index (χ0v) is 6.47. The Morgan fingerprint density at radius 2 is 1.91 bits per heavy atom. The summed E-state index contributed by atoms with van der Waals surface area (Å²) >= 11 is 0. The Morgan fingerprint density at radius 3 is 2.36 bits per heavy atom. The Balaban J connectivity index is 2.74. The van der Waals surface area contributed by atoms with Gasteiger partial charge in [-0.05, 0) is 12.8 Å². The van der Waals surface area contributed by atoms with Crippen LogP contribution < -0.4 is 0 Å². The van der Waals surface area contributed by atoms with Crippen LogP contribution in [0.25, 0.3) is 0 Å². The number of carbonyl (C=O) groups excluding carboxylic acids is 1. The SMILES string of the molecule is C#CC1(N=C=O)CCCCC1. The first-order chi connectivity index (χ1) is 5.33. The first-order valence-electron chi connectivity index (χ1n) is 3.90. The second-order valence-corrected chi connectivity index (χ2v) is 2.94. The minimum Gasteiger partial charge on any atom is -0.211 e. The van der Waals surface area contributed by atoms with E-state index in [-0.39, 0.29) is 0 Å². The highest BCUT2D eigenvalue weighted by molar-refractivity contribution is 5.37. The van der Waals surface area contributed by atoms with Gasteiger partial charge < -0.3 is 0 Å². The topological polar surface area (TPSA) is 29.4 Å².